The highest BCUT2D eigenvalue weighted by Crippen LogP contribution is 2.29. The number of aryl methyl sites for hydroxylation is 1. The highest BCUT2D eigenvalue weighted by atomic mass is 32.1. The van der Waals surface area contributed by atoms with Crippen LogP contribution < -0.4 is 5.32 Å². The van der Waals surface area contributed by atoms with E-state index in [1.54, 1.807) is 6.33 Å². The van der Waals surface area contributed by atoms with Crippen molar-refractivity contribution in [1.29, 1.82) is 0 Å². The summed E-state index contributed by atoms with van der Waals surface area (Å²) < 4.78 is 0.613. The van der Waals surface area contributed by atoms with Gasteiger partial charge in [0, 0.05) is 11.1 Å². The number of anilines is 1. The number of amides is 1. The number of H-pyrrole nitrogens is 1. The van der Waals surface area contributed by atoms with Gasteiger partial charge in [0.05, 0.1) is 11.2 Å². The first-order valence-electron chi connectivity index (χ1n) is 6.00. The van der Waals surface area contributed by atoms with Gasteiger partial charge in [0.25, 0.3) is 5.91 Å². The Bertz CT molecular complexity index is 836. The topological polar surface area (TPSA) is 57.8 Å². The second-order valence-electron chi connectivity index (χ2n) is 4.29. The fourth-order valence-electron chi connectivity index (χ4n) is 2.00. The Morgan fingerprint density at radius 1 is 1.35 bits per heavy atom. The quantitative estimate of drug-likeness (QED) is 0.705. The largest absolute Gasteiger partial charge is 0.337 e. The maximum atomic E-state index is 12.3. The van der Waals surface area contributed by atoms with Crippen molar-refractivity contribution < 1.29 is 4.79 Å². The predicted molar refractivity (Wildman–Crippen MR) is 83.9 cm³/mol. The van der Waals surface area contributed by atoms with Crippen molar-refractivity contribution in [3.8, 4) is 0 Å². The molecule has 0 atom stereocenters. The molecule has 3 aromatic rings. The number of aromatic nitrogens is 2. The smallest absolute Gasteiger partial charge is 0.266 e. The number of fused-ring (bicyclic) bond motifs is 1. The Balaban J connectivity index is 2.02. The van der Waals surface area contributed by atoms with Gasteiger partial charge in [0.2, 0.25) is 0 Å². The van der Waals surface area contributed by atoms with Crippen LogP contribution in [-0.2, 0) is 0 Å². The third-order valence-corrected chi connectivity index (χ3v) is 4.49. The molecule has 3 rings (SSSR count). The summed E-state index contributed by atoms with van der Waals surface area (Å²) in [6.07, 6.45) is 1.56. The number of rotatable bonds is 2. The van der Waals surface area contributed by atoms with E-state index in [9.17, 15) is 4.79 Å². The minimum atomic E-state index is -0.133. The Labute approximate surface area is 124 Å². The number of hydrogen-bond acceptors (Lipinski definition) is 4. The number of nitrogens with zero attached hydrogens (tertiary/aromatic N) is 1. The lowest BCUT2D eigenvalue weighted by Gasteiger charge is -2.03. The Morgan fingerprint density at radius 3 is 2.80 bits per heavy atom. The Morgan fingerprint density at radius 2 is 2.10 bits per heavy atom. The first-order chi connectivity index (χ1) is 9.66. The standard InChI is InChI=1S/C14H11N3OS2/c1-8-10-13(19)15-7-16-14(10)20-11(8)12(18)17-9-5-3-2-4-6-9/h2-7H,1H3,(H,17,18)(H,15,16,19). The van der Waals surface area contributed by atoms with Crippen LogP contribution >= 0.6 is 23.6 Å². The summed E-state index contributed by atoms with van der Waals surface area (Å²) in [5.41, 5.74) is 1.64. The van der Waals surface area contributed by atoms with Gasteiger partial charge in [-0.2, -0.15) is 0 Å². The molecule has 6 heteroatoms. The Kier molecular flexibility index (Phi) is 3.33. The van der Waals surface area contributed by atoms with E-state index < -0.39 is 0 Å². The van der Waals surface area contributed by atoms with E-state index in [0.29, 0.717) is 9.52 Å². The summed E-state index contributed by atoms with van der Waals surface area (Å²) >= 11 is 6.61. The van der Waals surface area contributed by atoms with Gasteiger partial charge in [-0.15, -0.1) is 11.3 Å². The van der Waals surface area contributed by atoms with E-state index >= 15 is 0 Å². The lowest BCUT2D eigenvalue weighted by atomic mass is 10.2. The van der Waals surface area contributed by atoms with Crippen LogP contribution in [0.1, 0.15) is 15.2 Å². The zero-order valence-electron chi connectivity index (χ0n) is 10.6. The molecule has 0 aliphatic rings. The lowest BCUT2D eigenvalue weighted by Crippen LogP contribution is -2.11. The van der Waals surface area contributed by atoms with Crippen molar-refractivity contribution in [2.75, 3.05) is 5.32 Å². The second kappa shape index (κ2) is 5.15. The van der Waals surface area contributed by atoms with Crippen LogP contribution in [0.3, 0.4) is 0 Å². The summed E-state index contributed by atoms with van der Waals surface area (Å²) in [5.74, 6) is -0.133. The van der Waals surface area contributed by atoms with E-state index in [1.165, 1.54) is 11.3 Å². The minimum Gasteiger partial charge on any atom is -0.337 e. The fraction of sp³-hybridized carbons (Fsp3) is 0.0714. The zero-order chi connectivity index (χ0) is 14.1. The highest BCUT2D eigenvalue weighted by Gasteiger charge is 2.17. The molecule has 2 aromatic heterocycles. The highest BCUT2D eigenvalue weighted by molar-refractivity contribution is 7.71. The maximum Gasteiger partial charge on any atom is 0.266 e. The van der Waals surface area contributed by atoms with Gasteiger partial charge >= 0.3 is 0 Å². The normalized spacial score (nSPS) is 10.7. The first kappa shape index (κ1) is 13.0. The van der Waals surface area contributed by atoms with E-state index in [2.05, 4.69) is 15.3 Å². The molecule has 0 aliphatic heterocycles. The van der Waals surface area contributed by atoms with Crippen molar-refractivity contribution in [3.63, 3.8) is 0 Å². The molecule has 2 N–H and O–H groups in total. The van der Waals surface area contributed by atoms with E-state index in [0.717, 1.165) is 21.5 Å². The molecule has 0 saturated carbocycles. The van der Waals surface area contributed by atoms with Crippen LogP contribution in [0, 0.1) is 11.6 Å². The van der Waals surface area contributed by atoms with Crippen molar-refractivity contribution in [3.05, 3.63) is 51.7 Å². The van der Waals surface area contributed by atoms with Crippen LogP contribution in [0.4, 0.5) is 5.69 Å². The molecule has 20 heavy (non-hydrogen) atoms. The van der Waals surface area contributed by atoms with Crippen LogP contribution in [-0.4, -0.2) is 15.9 Å². The van der Waals surface area contributed by atoms with Crippen molar-refractivity contribution in [1.82, 2.24) is 9.97 Å². The summed E-state index contributed by atoms with van der Waals surface area (Å²) in [6, 6.07) is 9.37. The average Bonchev–Trinajstić information content (AvgIpc) is 2.79. The number of para-hydroxylation sites is 1. The second-order valence-corrected chi connectivity index (χ2v) is 5.70. The van der Waals surface area contributed by atoms with Gasteiger partial charge in [0.1, 0.15) is 9.47 Å². The number of hydrogen-bond donors (Lipinski definition) is 2. The molecule has 1 aromatic carbocycles. The molecule has 2 heterocycles. The zero-order valence-corrected chi connectivity index (χ0v) is 12.3. The third-order valence-electron chi connectivity index (χ3n) is 2.97. The van der Waals surface area contributed by atoms with Crippen LogP contribution in [0.25, 0.3) is 10.2 Å². The number of thiophene rings is 1. The summed E-state index contributed by atoms with van der Waals surface area (Å²) in [6.45, 7) is 1.89. The first-order valence-corrected chi connectivity index (χ1v) is 7.22. The lowest BCUT2D eigenvalue weighted by molar-refractivity contribution is 0.103. The molecule has 100 valence electrons. The van der Waals surface area contributed by atoms with Gasteiger partial charge in [-0.1, -0.05) is 30.4 Å². The number of carbonyl (C=O) groups excluding carboxylic acids is 1. The van der Waals surface area contributed by atoms with Crippen LogP contribution in [0.15, 0.2) is 36.7 Å². The molecule has 0 aliphatic carbocycles. The predicted octanol–water partition coefficient (Wildman–Crippen LogP) is 3.91. The van der Waals surface area contributed by atoms with Gasteiger partial charge in [-0.25, -0.2) is 4.98 Å². The molecule has 0 spiro atoms. The number of aromatic amines is 1. The van der Waals surface area contributed by atoms with Crippen LogP contribution in [0.2, 0.25) is 0 Å². The maximum absolute atomic E-state index is 12.3. The molecule has 1 amide bonds. The number of nitrogens with one attached hydrogen (secondary N) is 2. The van der Waals surface area contributed by atoms with Gasteiger partial charge in [-0.05, 0) is 24.6 Å². The molecule has 0 radical (unpaired) electrons. The average molecular weight is 301 g/mol. The summed E-state index contributed by atoms with van der Waals surface area (Å²) in [5, 5.41) is 3.73. The molecule has 4 nitrogen and oxygen atoms in total. The van der Waals surface area contributed by atoms with Crippen molar-refractivity contribution in [2.24, 2.45) is 0 Å². The third kappa shape index (κ3) is 2.23. The van der Waals surface area contributed by atoms with E-state index in [1.807, 2.05) is 37.3 Å². The van der Waals surface area contributed by atoms with Gasteiger partial charge in [0.15, 0.2) is 0 Å². The minimum absolute atomic E-state index is 0.133. The molecule has 0 bridgehead atoms. The number of benzene rings is 1. The summed E-state index contributed by atoms with van der Waals surface area (Å²) in [4.78, 5) is 20.9. The van der Waals surface area contributed by atoms with E-state index in [-0.39, 0.29) is 5.91 Å². The SMILES string of the molecule is Cc1c(C(=O)Nc2ccccc2)sc2nc[nH]c(=S)c12. The fourth-order valence-corrected chi connectivity index (χ4v) is 3.43. The number of carbonyl (C=O) groups is 1. The molecule has 0 saturated heterocycles. The summed E-state index contributed by atoms with van der Waals surface area (Å²) in [7, 11) is 0. The van der Waals surface area contributed by atoms with Gasteiger partial charge < -0.3 is 10.3 Å². The molecular formula is C14H11N3OS2. The Hall–Kier alpha value is -2.05. The monoisotopic (exact) mass is 301 g/mol. The van der Waals surface area contributed by atoms with Crippen molar-refractivity contribution in [2.45, 2.75) is 6.92 Å². The van der Waals surface area contributed by atoms with E-state index in [4.69, 9.17) is 12.2 Å². The van der Waals surface area contributed by atoms with Gasteiger partial charge in [-0.3, -0.25) is 4.79 Å². The molecular weight excluding hydrogens is 290 g/mol. The molecule has 0 fully saturated rings. The van der Waals surface area contributed by atoms with Crippen molar-refractivity contribution >= 4 is 45.4 Å². The molecule has 0 unspecified atom stereocenters. The van der Waals surface area contributed by atoms with Crippen LogP contribution in [0.5, 0.6) is 0 Å².